The molecular formula is C21H32N4O2. The Balaban J connectivity index is 1.29. The Labute approximate surface area is 162 Å². The van der Waals surface area contributed by atoms with Crippen LogP contribution in [0.25, 0.3) is 0 Å². The number of nitrogens with zero attached hydrogens (tertiary/aromatic N) is 1. The molecule has 0 spiro atoms. The molecule has 1 saturated carbocycles. The van der Waals surface area contributed by atoms with Gasteiger partial charge < -0.3 is 20.9 Å². The molecule has 1 aliphatic heterocycles. The van der Waals surface area contributed by atoms with Crippen LogP contribution in [0.5, 0.6) is 0 Å². The Hall–Kier alpha value is -2.08. The summed E-state index contributed by atoms with van der Waals surface area (Å²) in [5, 5.41) is 9.15. The first kappa shape index (κ1) is 19.7. The zero-order chi connectivity index (χ0) is 18.9. The lowest BCUT2D eigenvalue weighted by atomic mass is 10.0. The lowest BCUT2D eigenvalue weighted by Crippen LogP contribution is -2.47. The predicted octanol–water partition coefficient (Wildman–Crippen LogP) is 2.18. The summed E-state index contributed by atoms with van der Waals surface area (Å²) in [5.74, 6) is -0.136. The molecule has 0 atom stereocenters. The Morgan fingerprint density at radius 1 is 0.963 bits per heavy atom. The van der Waals surface area contributed by atoms with Gasteiger partial charge in [-0.1, -0.05) is 49.9 Å². The van der Waals surface area contributed by atoms with Gasteiger partial charge in [0.25, 0.3) is 0 Å². The highest BCUT2D eigenvalue weighted by molar-refractivity contribution is 5.84. The van der Waals surface area contributed by atoms with Crippen molar-refractivity contribution < 1.29 is 9.59 Å². The molecule has 27 heavy (non-hydrogen) atoms. The monoisotopic (exact) mass is 372 g/mol. The number of amides is 3. The van der Waals surface area contributed by atoms with Crippen LogP contribution in [0.1, 0.15) is 49.7 Å². The second-order valence-electron chi connectivity index (χ2n) is 7.59. The molecular weight excluding hydrogens is 340 g/mol. The molecule has 0 saturated heterocycles. The van der Waals surface area contributed by atoms with Crippen molar-refractivity contribution in [2.75, 3.05) is 26.2 Å². The molecule has 1 fully saturated rings. The predicted molar refractivity (Wildman–Crippen MR) is 106 cm³/mol. The quantitative estimate of drug-likeness (QED) is 0.529. The highest BCUT2D eigenvalue weighted by atomic mass is 16.2. The number of benzene rings is 1. The van der Waals surface area contributed by atoms with Crippen LogP contribution in [-0.4, -0.2) is 49.1 Å². The molecule has 1 heterocycles. The summed E-state index contributed by atoms with van der Waals surface area (Å²) in [7, 11) is 0. The number of hydrogen-bond donors (Lipinski definition) is 3. The number of carbonyl (C=O) groups excluding carboxylic acids is 2. The molecule has 0 bridgehead atoms. The van der Waals surface area contributed by atoms with Gasteiger partial charge >= 0.3 is 6.03 Å². The second-order valence-corrected chi connectivity index (χ2v) is 7.59. The fraction of sp³-hybridized carbons (Fsp3) is 0.619. The average Bonchev–Trinajstić information content (AvgIpc) is 2.98. The minimum absolute atomic E-state index is 0.0282. The number of urea groups is 1. The van der Waals surface area contributed by atoms with Gasteiger partial charge in [0.15, 0.2) is 0 Å². The first-order chi connectivity index (χ1) is 13.2. The SMILES string of the molecule is O=C(CNC(=O)N1CCc2ccccc2C1)NCCNC1CCCCCC1. The summed E-state index contributed by atoms with van der Waals surface area (Å²) < 4.78 is 0. The molecule has 3 amide bonds. The van der Waals surface area contributed by atoms with Gasteiger partial charge in [0.1, 0.15) is 0 Å². The molecule has 3 rings (SSSR count). The van der Waals surface area contributed by atoms with Crippen molar-refractivity contribution in [3.63, 3.8) is 0 Å². The fourth-order valence-corrected chi connectivity index (χ4v) is 3.96. The van der Waals surface area contributed by atoms with Crippen molar-refractivity contribution in [2.45, 2.75) is 57.5 Å². The molecule has 148 valence electrons. The molecule has 2 aliphatic rings. The van der Waals surface area contributed by atoms with E-state index >= 15 is 0 Å². The Morgan fingerprint density at radius 3 is 2.48 bits per heavy atom. The zero-order valence-corrected chi connectivity index (χ0v) is 16.1. The minimum atomic E-state index is -0.170. The molecule has 3 N–H and O–H groups in total. The third-order valence-electron chi connectivity index (χ3n) is 5.55. The molecule has 0 aromatic heterocycles. The van der Waals surface area contributed by atoms with Crippen LogP contribution >= 0.6 is 0 Å². The molecule has 1 aromatic carbocycles. The molecule has 0 unspecified atom stereocenters. The van der Waals surface area contributed by atoms with Crippen molar-refractivity contribution in [3.8, 4) is 0 Å². The fourth-order valence-electron chi connectivity index (χ4n) is 3.96. The van der Waals surface area contributed by atoms with Gasteiger partial charge in [0.05, 0.1) is 6.54 Å². The summed E-state index contributed by atoms with van der Waals surface area (Å²) in [6.07, 6.45) is 8.64. The van der Waals surface area contributed by atoms with Crippen LogP contribution in [0, 0.1) is 0 Å². The van der Waals surface area contributed by atoms with Crippen LogP contribution in [-0.2, 0) is 17.8 Å². The number of nitrogens with one attached hydrogen (secondary N) is 3. The summed E-state index contributed by atoms with van der Waals surface area (Å²) in [6.45, 7) is 2.71. The standard InChI is InChI=1S/C21H32N4O2/c26-20(23-13-12-22-19-9-3-1-2-4-10-19)15-24-21(27)25-14-11-17-7-5-6-8-18(17)16-25/h5-8,19,22H,1-4,9-16H2,(H,23,26)(H,24,27). The van der Waals surface area contributed by atoms with Gasteiger partial charge in [0.2, 0.25) is 5.91 Å². The van der Waals surface area contributed by atoms with E-state index < -0.39 is 0 Å². The highest BCUT2D eigenvalue weighted by Crippen LogP contribution is 2.18. The van der Waals surface area contributed by atoms with Crippen molar-refractivity contribution in [1.29, 1.82) is 0 Å². The maximum atomic E-state index is 12.3. The second kappa shape index (κ2) is 10.3. The van der Waals surface area contributed by atoms with Crippen molar-refractivity contribution >= 4 is 11.9 Å². The van der Waals surface area contributed by atoms with E-state index in [1.807, 2.05) is 12.1 Å². The van der Waals surface area contributed by atoms with E-state index in [9.17, 15) is 9.59 Å². The lowest BCUT2D eigenvalue weighted by Gasteiger charge is -2.28. The van der Waals surface area contributed by atoms with Crippen molar-refractivity contribution in [3.05, 3.63) is 35.4 Å². The minimum Gasteiger partial charge on any atom is -0.353 e. The van der Waals surface area contributed by atoms with E-state index in [0.29, 0.717) is 25.7 Å². The van der Waals surface area contributed by atoms with E-state index in [2.05, 4.69) is 28.1 Å². The van der Waals surface area contributed by atoms with Gasteiger partial charge in [-0.2, -0.15) is 0 Å². The lowest BCUT2D eigenvalue weighted by molar-refractivity contribution is -0.120. The van der Waals surface area contributed by atoms with Crippen LogP contribution in [0.2, 0.25) is 0 Å². The van der Waals surface area contributed by atoms with Crippen molar-refractivity contribution in [1.82, 2.24) is 20.9 Å². The first-order valence-corrected chi connectivity index (χ1v) is 10.3. The van der Waals surface area contributed by atoms with Crippen LogP contribution < -0.4 is 16.0 Å². The van der Waals surface area contributed by atoms with Gasteiger partial charge in [-0.25, -0.2) is 4.79 Å². The van der Waals surface area contributed by atoms with E-state index in [1.165, 1.54) is 49.7 Å². The van der Waals surface area contributed by atoms with Gasteiger partial charge in [0, 0.05) is 32.2 Å². The van der Waals surface area contributed by atoms with Crippen LogP contribution in [0.15, 0.2) is 24.3 Å². The molecule has 6 nitrogen and oxygen atoms in total. The van der Waals surface area contributed by atoms with E-state index in [1.54, 1.807) is 4.90 Å². The van der Waals surface area contributed by atoms with Crippen LogP contribution in [0.4, 0.5) is 4.79 Å². The normalized spacial score (nSPS) is 17.7. The number of hydrogen-bond acceptors (Lipinski definition) is 3. The molecule has 1 aromatic rings. The largest absolute Gasteiger partial charge is 0.353 e. The number of fused-ring (bicyclic) bond motifs is 1. The smallest absolute Gasteiger partial charge is 0.318 e. The van der Waals surface area contributed by atoms with E-state index in [-0.39, 0.29) is 18.5 Å². The Bertz CT molecular complexity index is 626. The molecule has 6 heteroatoms. The van der Waals surface area contributed by atoms with E-state index in [4.69, 9.17) is 0 Å². The van der Waals surface area contributed by atoms with E-state index in [0.717, 1.165) is 13.0 Å². The summed E-state index contributed by atoms with van der Waals surface area (Å²) in [4.78, 5) is 26.0. The maximum Gasteiger partial charge on any atom is 0.318 e. The average molecular weight is 373 g/mol. The third-order valence-corrected chi connectivity index (χ3v) is 5.55. The van der Waals surface area contributed by atoms with Gasteiger partial charge in [-0.3, -0.25) is 4.79 Å². The molecule has 0 radical (unpaired) electrons. The van der Waals surface area contributed by atoms with Gasteiger partial charge in [-0.05, 0) is 30.4 Å². The Morgan fingerprint density at radius 2 is 1.70 bits per heavy atom. The first-order valence-electron chi connectivity index (χ1n) is 10.3. The highest BCUT2D eigenvalue weighted by Gasteiger charge is 2.20. The summed E-state index contributed by atoms with van der Waals surface area (Å²) >= 11 is 0. The third kappa shape index (κ3) is 6.24. The number of rotatable bonds is 6. The van der Waals surface area contributed by atoms with Crippen LogP contribution in [0.3, 0.4) is 0 Å². The van der Waals surface area contributed by atoms with Gasteiger partial charge in [-0.15, -0.1) is 0 Å². The maximum absolute atomic E-state index is 12.3. The zero-order valence-electron chi connectivity index (χ0n) is 16.1. The topological polar surface area (TPSA) is 73.5 Å². The Kier molecular flexibility index (Phi) is 7.51. The molecule has 1 aliphatic carbocycles. The summed E-state index contributed by atoms with van der Waals surface area (Å²) in [5.41, 5.74) is 2.49. The number of carbonyl (C=O) groups is 2. The van der Waals surface area contributed by atoms with Crippen molar-refractivity contribution in [2.24, 2.45) is 0 Å². The summed E-state index contributed by atoms with van der Waals surface area (Å²) in [6, 6.07) is 8.62.